The van der Waals surface area contributed by atoms with E-state index in [0.29, 0.717) is 35.1 Å². The van der Waals surface area contributed by atoms with E-state index in [2.05, 4.69) is 10.5 Å². The molecule has 1 saturated heterocycles. The van der Waals surface area contributed by atoms with Gasteiger partial charge in [-0.3, -0.25) is 4.79 Å². The maximum atomic E-state index is 13.0. The van der Waals surface area contributed by atoms with Gasteiger partial charge in [-0.15, -0.1) is 0 Å². The van der Waals surface area contributed by atoms with Crippen LogP contribution in [0.2, 0.25) is 0 Å². The highest BCUT2D eigenvalue weighted by Crippen LogP contribution is 2.26. The maximum Gasteiger partial charge on any atom is 0.243 e. The zero-order valence-corrected chi connectivity index (χ0v) is 17.2. The molecule has 0 atom stereocenters. The summed E-state index contributed by atoms with van der Waals surface area (Å²) >= 11 is 0. The van der Waals surface area contributed by atoms with Crippen LogP contribution in [0.4, 0.5) is 5.69 Å². The molecule has 1 N–H and O–H groups in total. The van der Waals surface area contributed by atoms with Crippen molar-refractivity contribution in [1.82, 2.24) is 9.46 Å². The van der Waals surface area contributed by atoms with Crippen molar-refractivity contribution in [1.29, 1.82) is 0 Å². The zero-order valence-electron chi connectivity index (χ0n) is 16.4. The number of piperidine rings is 1. The molecule has 0 spiro atoms. The number of aromatic nitrogens is 1. The van der Waals surface area contributed by atoms with Gasteiger partial charge in [-0.25, -0.2) is 8.42 Å². The highest BCUT2D eigenvalue weighted by Gasteiger charge is 2.27. The Kier molecular flexibility index (Phi) is 6.00. The minimum Gasteiger partial charge on any atom is -0.354 e. The first-order valence-electron chi connectivity index (χ1n) is 9.32. The Labute approximate surface area is 165 Å². The van der Waals surface area contributed by atoms with E-state index in [9.17, 15) is 13.2 Å². The molecule has 1 fully saturated rings. The first-order chi connectivity index (χ1) is 13.3. The lowest BCUT2D eigenvalue weighted by Gasteiger charge is -2.26. The lowest BCUT2D eigenvalue weighted by Crippen LogP contribution is -2.35. The van der Waals surface area contributed by atoms with Crippen LogP contribution >= 0.6 is 0 Å². The van der Waals surface area contributed by atoms with Crippen LogP contribution in [-0.2, 0) is 14.8 Å². The monoisotopic (exact) mass is 403 g/mol. The molecule has 3 rings (SSSR count). The number of rotatable bonds is 5. The summed E-state index contributed by atoms with van der Waals surface area (Å²) in [7, 11) is -3.51. The van der Waals surface area contributed by atoms with Crippen molar-refractivity contribution in [2.24, 2.45) is 0 Å². The second kappa shape index (κ2) is 8.28. The number of hydrogen-bond donors (Lipinski definition) is 1. The fourth-order valence-electron chi connectivity index (χ4n) is 3.24. The van der Waals surface area contributed by atoms with E-state index in [1.807, 2.05) is 6.07 Å². The molecular formula is C20H25N3O4S. The third-order valence-electron chi connectivity index (χ3n) is 4.76. The predicted molar refractivity (Wildman–Crippen MR) is 108 cm³/mol. The fourth-order valence-corrected chi connectivity index (χ4v) is 5.02. The minimum absolute atomic E-state index is 0.216. The van der Waals surface area contributed by atoms with Crippen LogP contribution in [0.3, 0.4) is 0 Å². The van der Waals surface area contributed by atoms with Gasteiger partial charge < -0.3 is 9.84 Å². The second-order valence-corrected chi connectivity index (χ2v) is 8.92. The topological polar surface area (TPSA) is 92.5 Å². The number of aryl methyl sites for hydroxylation is 2. The average molecular weight is 404 g/mol. The summed E-state index contributed by atoms with van der Waals surface area (Å²) in [5, 5.41) is 6.57. The van der Waals surface area contributed by atoms with Gasteiger partial charge in [0.25, 0.3) is 0 Å². The molecule has 1 aliphatic heterocycles. The van der Waals surface area contributed by atoms with E-state index in [4.69, 9.17) is 4.52 Å². The molecule has 2 heterocycles. The van der Waals surface area contributed by atoms with Gasteiger partial charge in [0.05, 0.1) is 4.90 Å². The van der Waals surface area contributed by atoms with E-state index in [-0.39, 0.29) is 5.91 Å². The van der Waals surface area contributed by atoms with Crippen molar-refractivity contribution >= 4 is 33.8 Å². The standard InChI is InChI=1S/C20H25N3O4S/c1-14-7-8-17(9-10-18-20(21-16(3)24)15(2)22-27-18)13-19(14)28(25,26)23-11-5-4-6-12-23/h7-10,13H,4-6,11-12H2,1-3H3,(H,21,24)/b10-9-. The van der Waals surface area contributed by atoms with Crippen molar-refractivity contribution in [3.8, 4) is 0 Å². The number of sulfonamides is 1. The van der Waals surface area contributed by atoms with Crippen LogP contribution in [0.5, 0.6) is 0 Å². The van der Waals surface area contributed by atoms with E-state index < -0.39 is 10.0 Å². The number of amides is 1. The maximum absolute atomic E-state index is 13.0. The molecule has 150 valence electrons. The van der Waals surface area contributed by atoms with Gasteiger partial charge in [-0.2, -0.15) is 4.31 Å². The third kappa shape index (κ3) is 4.34. The van der Waals surface area contributed by atoms with Gasteiger partial charge >= 0.3 is 0 Å². The molecule has 0 saturated carbocycles. The lowest BCUT2D eigenvalue weighted by atomic mass is 10.1. The van der Waals surface area contributed by atoms with Gasteiger partial charge in [0.2, 0.25) is 15.9 Å². The molecule has 2 aromatic rings. The van der Waals surface area contributed by atoms with Gasteiger partial charge in [0.15, 0.2) is 5.76 Å². The van der Waals surface area contributed by atoms with Crippen LogP contribution in [0, 0.1) is 13.8 Å². The van der Waals surface area contributed by atoms with E-state index >= 15 is 0 Å². The van der Waals surface area contributed by atoms with Crippen molar-refractivity contribution < 1.29 is 17.7 Å². The normalized spacial score (nSPS) is 15.8. The fraction of sp³-hybridized carbons (Fsp3) is 0.400. The van der Waals surface area contributed by atoms with Gasteiger partial charge in [-0.05, 0) is 50.0 Å². The zero-order chi connectivity index (χ0) is 20.3. The SMILES string of the molecule is CC(=O)Nc1c(C)noc1/C=C\c1ccc(C)c(S(=O)(=O)N2CCCCC2)c1. The Bertz CT molecular complexity index is 1000. The Balaban J connectivity index is 1.90. The molecule has 0 bridgehead atoms. The summed E-state index contributed by atoms with van der Waals surface area (Å²) in [6.07, 6.45) is 6.29. The number of carbonyl (C=O) groups is 1. The first-order valence-corrected chi connectivity index (χ1v) is 10.8. The molecular weight excluding hydrogens is 378 g/mol. The molecule has 7 nitrogen and oxygen atoms in total. The minimum atomic E-state index is -3.51. The highest BCUT2D eigenvalue weighted by atomic mass is 32.2. The van der Waals surface area contributed by atoms with Crippen molar-refractivity contribution in [2.75, 3.05) is 18.4 Å². The van der Waals surface area contributed by atoms with Crippen LogP contribution < -0.4 is 5.32 Å². The summed E-state index contributed by atoms with van der Waals surface area (Å²) in [5.74, 6) is 0.194. The van der Waals surface area contributed by atoms with Crippen LogP contribution in [0.15, 0.2) is 27.6 Å². The van der Waals surface area contributed by atoms with Crippen molar-refractivity contribution in [3.63, 3.8) is 0 Å². The summed E-state index contributed by atoms with van der Waals surface area (Å²) in [6.45, 7) is 6.09. The molecule has 1 aromatic carbocycles. The number of nitrogens with one attached hydrogen (secondary N) is 1. The van der Waals surface area contributed by atoms with E-state index in [1.54, 1.807) is 42.4 Å². The molecule has 8 heteroatoms. The lowest BCUT2D eigenvalue weighted by molar-refractivity contribution is -0.114. The van der Waals surface area contributed by atoms with Crippen molar-refractivity contribution in [2.45, 2.75) is 44.9 Å². The molecule has 0 unspecified atom stereocenters. The van der Waals surface area contributed by atoms with E-state index in [1.165, 1.54) is 6.92 Å². The Morgan fingerprint density at radius 1 is 1.18 bits per heavy atom. The smallest absolute Gasteiger partial charge is 0.243 e. The summed E-state index contributed by atoms with van der Waals surface area (Å²) in [6, 6.07) is 5.33. The van der Waals surface area contributed by atoms with Gasteiger partial charge in [0, 0.05) is 20.0 Å². The summed E-state index contributed by atoms with van der Waals surface area (Å²) in [5.41, 5.74) is 2.53. The second-order valence-electron chi connectivity index (χ2n) is 7.01. The first kappa shape index (κ1) is 20.3. The van der Waals surface area contributed by atoms with E-state index in [0.717, 1.165) is 30.4 Å². The van der Waals surface area contributed by atoms with Crippen LogP contribution in [0.25, 0.3) is 12.2 Å². The quantitative estimate of drug-likeness (QED) is 0.823. The summed E-state index contributed by atoms with van der Waals surface area (Å²) < 4.78 is 32.9. The number of nitrogens with zero attached hydrogens (tertiary/aromatic N) is 2. The highest BCUT2D eigenvalue weighted by molar-refractivity contribution is 7.89. The van der Waals surface area contributed by atoms with Crippen molar-refractivity contribution in [3.05, 3.63) is 40.8 Å². The Morgan fingerprint density at radius 3 is 2.57 bits per heavy atom. The molecule has 28 heavy (non-hydrogen) atoms. The largest absolute Gasteiger partial charge is 0.354 e. The Hall–Kier alpha value is -2.45. The van der Waals surface area contributed by atoms with Crippen LogP contribution in [0.1, 0.15) is 48.8 Å². The number of benzene rings is 1. The molecule has 0 aliphatic carbocycles. The number of hydrogen-bond acceptors (Lipinski definition) is 5. The Morgan fingerprint density at radius 2 is 1.89 bits per heavy atom. The number of carbonyl (C=O) groups excluding carboxylic acids is 1. The van der Waals surface area contributed by atoms with Gasteiger partial charge in [-0.1, -0.05) is 29.8 Å². The molecule has 1 amide bonds. The molecule has 1 aromatic heterocycles. The predicted octanol–water partition coefficient (Wildman–Crippen LogP) is 3.59. The van der Waals surface area contributed by atoms with Gasteiger partial charge in [0.1, 0.15) is 11.4 Å². The molecule has 0 radical (unpaired) electrons. The average Bonchev–Trinajstić information content (AvgIpc) is 3.01. The number of anilines is 1. The summed E-state index contributed by atoms with van der Waals surface area (Å²) in [4.78, 5) is 11.7. The third-order valence-corrected chi connectivity index (χ3v) is 6.80. The molecule has 1 aliphatic rings. The van der Waals surface area contributed by atoms with Crippen LogP contribution in [-0.4, -0.2) is 36.9 Å².